The lowest BCUT2D eigenvalue weighted by Gasteiger charge is -2.25. The number of hydrogen-bond donors (Lipinski definition) is 2. The molecule has 1 aromatic heterocycles. The van der Waals surface area contributed by atoms with Gasteiger partial charge in [0, 0.05) is 30.6 Å². The van der Waals surface area contributed by atoms with Crippen molar-refractivity contribution in [2.24, 2.45) is 0 Å². The number of thiazole rings is 1. The number of non-ortho nitro benzene ring substituents is 1. The molecular formula is C16H19N5O6S2. The largest absolute Gasteiger partial charge is 0.378 e. The molecule has 0 radical (unpaired) electrons. The number of aromatic nitrogens is 1. The molecule has 2 N–H and O–H groups in total. The molecule has 156 valence electrons. The minimum atomic E-state index is -4.22. The van der Waals surface area contributed by atoms with E-state index in [9.17, 15) is 23.3 Å². The Kier molecular flexibility index (Phi) is 6.12. The number of nitro groups is 1. The summed E-state index contributed by atoms with van der Waals surface area (Å²) < 4.78 is 30.4. The van der Waals surface area contributed by atoms with Crippen molar-refractivity contribution in [2.75, 3.05) is 31.2 Å². The highest BCUT2D eigenvalue weighted by molar-refractivity contribution is 7.89. The van der Waals surface area contributed by atoms with Crippen molar-refractivity contribution in [1.82, 2.24) is 15.2 Å². The molecule has 0 atom stereocenters. The summed E-state index contributed by atoms with van der Waals surface area (Å²) in [4.78, 5) is 30.6. The number of hydrogen-bond acceptors (Lipinski definition) is 9. The van der Waals surface area contributed by atoms with E-state index >= 15 is 0 Å². The van der Waals surface area contributed by atoms with Crippen LogP contribution >= 0.6 is 11.3 Å². The molecular weight excluding hydrogens is 422 g/mol. The van der Waals surface area contributed by atoms with Gasteiger partial charge in [-0.15, -0.1) is 16.2 Å². The SMILES string of the molecule is Cc1cc([N+](=O)[O-])cc(S(=O)(=O)NNC(=O)c2csc(N3CCOCC3)n2)c1C. The van der Waals surface area contributed by atoms with Gasteiger partial charge in [0.15, 0.2) is 5.13 Å². The quantitative estimate of drug-likeness (QED) is 0.501. The van der Waals surface area contributed by atoms with E-state index in [1.165, 1.54) is 29.7 Å². The van der Waals surface area contributed by atoms with Crippen molar-refractivity contribution < 1.29 is 22.9 Å². The third-order valence-corrected chi connectivity index (χ3v) is 6.69. The molecule has 1 saturated heterocycles. The van der Waals surface area contributed by atoms with Crippen molar-refractivity contribution in [2.45, 2.75) is 18.7 Å². The van der Waals surface area contributed by atoms with E-state index in [0.717, 1.165) is 6.07 Å². The second kappa shape index (κ2) is 8.41. The van der Waals surface area contributed by atoms with Gasteiger partial charge in [-0.1, -0.05) is 0 Å². The van der Waals surface area contributed by atoms with Gasteiger partial charge in [-0.05, 0) is 25.0 Å². The van der Waals surface area contributed by atoms with E-state index in [1.54, 1.807) is 6.92 Å². The number of nitro benzene ring substituents is 1. The molecule has 13 heteroatoms. The van der Waals surface area contributed by atoms with Crippen LogP contribution in [0.25, 0.3) is 0 Å². The number of morpholine rings is 1. The first kappa shape index (κ1) is 21.1. The average molecular weight is 441 g/mol. The summed E-state index contributed by atoms with van der Waals surface area (Å²) in [5.41, 5.74) is 2.61. The number of ether oxygens (including phenoxy) is 1. The van der Waals surface area contributed by atoms with Crippen molar-refractivity contribution in [3.05, 3.63) is 44.4 Å². The van der Waals surface area contributed by atoms with Crippen LogP contribution in [-0.2, 0) is 14.8 Å². The molecule has 29 heavy (non-hydrogen) atoms. The summed E-state index contributed by atoms with van der Waals surface area (Å²) in [7, 11) is -4.22. The van der Waals surface area contributed by atoms with Crippen LogP contribution in [0.2, 0.25) is 0 Å². The Morgan fingerprint density at radius 1 is 1.31 bits per heavy atom. The number of hydrazine groups is 1. The number of carbonyl (C=O) groups is 1. The first-order valence-corrected chi connectivity index (χ1v) is 10.9. The predicted molar refractivity (Wildman–Crippen MR) is 106 cm³/mol. The molecule has 0 saturated carbocycles. The third-order valence-electron chi connectivity index (χ3n) is 4.41. The fraction of sp³-hybridized carbons (Fsp3) is 0.375. The van der Waals surface area contributed by atoms with Gasteiger partial charge in [-0.3, -0.25) is 20.3 Å². The van der Waals surface area contributed by atoms with Crippen LogP contribution in [0.15, 0.2) is 22.4 Å². The minimum absolute atomic E-state index is 0.0612. The van der Waals surface area contributed by atoms with Gasteiger partial charge in [0.05, 0.1) is 23.0 Å². The average Bonchev–Trinajstić information content (AvgIpc) is 3.19. The van der Waals surface area contributed by atoms with Crippen LogP contribution in [0.4, 0.5) is 10.8 Å². The second-order valence-corrected chi connectivity index (χ2v) is 8.80. The summed E-state index contributed by atoms with van der Waals surface area (Å²) in [6.45, 7) is 5.57. The molecule has 1 aliphatic heterocycles. The van der Waals surface area contributed by atoms with E-state index in [-0.39, 0.29) is 16.3 Å². The second-order valence-electron chi connectivity index (χ2n) is 6.32. The lowest BCUT2D eigenvalue weighted by Crippen LogP contribution is -2.42. The Morgan fingerprint density at radius 2 is 2.00 bits per heavy atom. The number of carbonyl (C=O) groups excluding carboxylic acids is 1. The Labute approximate surface area is 170 Å². The van der Waals surface area contributed by atoms with E-state index in [4.69, 9.17) is 4.74 Å². The van der Waals surface area contributed by atoms with Gasteiger partial charge in [-0.25, -0.2) is 13.4 Å². The van der Waals surface area contributed by atoms with E-state index in [1.807, 2.05) is 9.73 Å². The normalized spacial score (nSPS) is 14.6. The molecule has 0 bridgehead atoms. The van der Waals surface area contributed by atoms with Crippen molar-refractivity contribution in [1.29, 1.82) is 0 Å². The highest BCUT2D eigenvalue weighted by Crippen LogP contribution is 2.25. The van der Waals surface area contributed by atoms with Gasteiger partial charge in [0.25, 0.3) is 21.6 Å². The van der Waals surface area contributed by atoms with Crippen LogP contribution in [0, 0.1) is 24.0 Å². The Hall–Kier alpha value is -2.61. The predicted octanol–water partition coefficient (Wildman–Crippen LogP) is 1.13. The Morgan fingerprint density at radius 3 is 2.66 bits per heavy atom. The van der Waals surface area contributed by atoms with E-state index in [2.05, 4.69) is 10.4 Å². The summed E-state index contributed by atoms with van der Waals surface area (Å²) >= 11 is 1.27. The number of nitrogens with zero attached hydrogens (tertiary/aromatic N) is 3. The molecule has 0 unspecified atom stereocenters. The van der Waals surface area contributed by atoms with Crippen LogP contribution < -0.4 is 15.2 Å². The lowest BCUT2D eigenvalue weighted by atomic mass is 10.1. The highest BCUT2D eigenvalue weighted by Gasteiger charge is 2.24. The molecule has 1 aromatic carbocycles. The number of aryl methyl sites for hydroxylation is 1. The molecule has 1 amide bonds. The molecule has 0 aliphatic carbocycles. The summed E-state index contributed by atoms with van der Waals surface area (Å²) in [6.07, 6.45) is 0. The molecule has 1 fully saturated rings. The fourth-order valence-electron chi connectivity index (χ4n) is 2.69. The van der Waals surface area contributed by atoms with Crippen LogP contribution in [-0.4, -0.2) is 50.5 Å². The van der Waals surface area contributed by atoms with Crippen molar-refractivity contribution in [3.63, 3.8) is 0 Å². The monoisotopic (exact) mass is 441 g/mol. The molecule has 2 aromatic rings. The summed E-state index contributed by atoms with van der Waals surface area (Å²) in [5, 5.41) is 13.2. The minimum Gasteiger partial charge on any atom is -0.378 e. The topological polar surface area (TPSA) is 144 Å². The third kappa shape index (κ3) is 4.70. The molecule has 3 rings (SSSR count). The maximum Gasteiger partial charge on any atom is 0.285 e. The Balaban J connectivity index is 1.73. The van der Waals surface area contributed by atoms with E-state index in [0.29, 0.717) is 42.6 Å². The first-order valence-electron chi connectivity index (χ1n) is 8.55. The zero-order valence-electron chi connectivity index (χ0n) is 15.7. The first-order chi connectivity index (χ1) is 13.7. The zero-order valence-corrected chi connectivity index (χ0v) is 17.3. The number of rotatable bonds is 6. The van der Waals surface area contributed by atoms with Gasteiger partial charge in [-0.2, -0.15) is 0 Å². The smallest absolute Gasteiger partial charge is 0.285 e. The van der Waals surface area contributed by atoms with Crippen LogP contribution in [0.1, 0.15) is 21.6 Å². The maximum atomic E-state index is 12.6. The number of anilines is 1. The number of nitrogens with one attached hydrogen (secondary N) is 2. The van der Waals surface area contributed by atoms with Gasteiger partial charge in [0.1, 0.15) is 5.69 Å². The van der Waals surface area contributed by atoms with Crippen LogP contribution in [0.5, 0.6) is 0 Å². The van der Waals surface area contributed by atoms with E-state index < -0.39 is 20.9 Å². The maximum absolute atomic E-state index is 12.6. The van der Waals surface area contributed by atoms with Gasteiger partial charge >= 0.3 is 0 Å². The van der Waals surface area contributed by atoms with Crippen molar-refractivity contribution in [3.8, 4) is 0 Å². The highest BCUT2D eigenvalue weighted by atomic mass is 32.2. The summed E-state index contributed by atoms with van der Waals surface area (Å²) in [6, 6.07) is 2.24. The standard InChI is InChI=1S/C16H19N5O6S2/c1-10-7-12(21(23)24)8-14(11(10)2)29(25,26)19-18-15(22)13-9-28-16(17-13)20-3-5-27-6-4-20/h7-9,19H,3-6H2,1-2H3,(H,18,22). The molecule has 1 aliphatic rings. The Bertz CT molecular complexity index is 1050. The van der Waals surface area contributed by atoms with Crippen molar-refractivity contribution >= 4 is 38.1 Å². The molecule has 0 spiro atoms. The fourth-order valence-corrected chi connectivity index (χ4v) is 4.73. The van der Waals surface area contributed by atoms with Gasteiger partial charge < -0.3 is 9.64 Å². The number of benzene rings is 1. The number of sulfonamides is 1. The summed E-state index contributed by atoms with van der Waals surface area (Å²) in [5.74, 6) is -0.732. The van der Waals surface area contributed by atoms with Crippen LogP contribution in [0.3, 0.4) is 0 Å². The van der Waals surface area contributed by atoms with Gasteiger partial charge in [0.2, 0.25) is 0 Å². The molecule has 11 nitrogen and oxygen atoms in total. The molecule has 2 heterocycles. The lowest BCUT2D eigenvalue weighted by molar-refractivity contribution is -0.385. The zero-order chi connectivity index (χ0) is 21.2. The number of amides is 1.